The summed E-state index contributed by atoms with van der Waals surface area (Å²) in [6.07, 6.45) is 2.41. The first-order valence-electron chi connectivity index (χ1n) is 6.97. The van der Waals surface area contributed by atoms with E-state index in [9.17, 15) is 4.79 Å². The lowest BCUT2D eigenvalue weighted by molar-refractivity contribution is 0.0942. The third-order valence-electron chi connectivity index (χ3n) is 3.15. The van der Waals surface area contributed by atoms with E-state index in [2.05, 4.69) is 17.3 Å². The number of rotatable bonds is 4. The largest absolute Gasteiger partial charge is 0.350 e. The van der Waals surface area contributed by atoms with Gasteiger partial charge in [-0.2, -0.15) is 5.10 Å². The molecular formula is C16H21N3O. The highest BCUT2D eigenvalue weighted by atomic mass is 16.1. The second-order valence-electron chi connectivity index (χ2n) is 5.23. The fourth-order valence-corrected chi connectivity index (χ4v) is 2.15. The minimum absolute atomic E-state index is 0.0600. The molecule has 1 N–H and O–H groups in total. The Morgan fingerprint density at radius 1 is 1.30 bits per heavy atom. The number of aromatic nitrogens is 2. The Kier molecular flexibility index (Phi) is 4.23. The lowest BCUT2D eigenvalue weighted by Crippen LogP contribution is -2.30. The predicted octanol–water partition coefficient (Wildman–Crippen LogP) is 2.88. The first-order valence-corrected chi connectivity index (χ1v) is 6.97. The third-order valence-corrected chi connectivity index (χ3v) is 3.15. The van der Waals surface area contributed by atoms with Crippen molar-refractivity contribution in [3.63, 3.8) is 0 Å². The standard InChI is InChI=1S/C16H21N3O/c1-5-15-14(16(20)18-11(2)3)10-17-19(15)13-8-6-12(4)7-9-13/h6-11H,5H2,1-4H3,(H,18,20). The van der Waals surface area contributed by atoms with Crippen LogP contribution in [-0.2, 0) is 6.42 Å². The molecule has 106 valence electrons. The van der Waals surface area contributed by atoms with E-state index in [1.165, 1.54) is 5.56 Å². The van der Waals surface area contributed by atoms with Gasteiger partial charge in [0, 0.05) is 6.04 Å². The van der Waals surface area contributed by atoms with Crippen LogP contribution in [0.2, 0.25) is 0 Å². The van der Waals surface area contributed by atoms with E-state index in [-0.39, 0.29) is 11.9 Å². The van der Waals surface area contributed by atoms with Crippen LogP contribution in [0.5, 0.6) is 0 Å². The molecule has 0 unspecified atom stereocenters. The molecule has 4 heteroatoms. The zero-order valence-corrected chi connectivity index (χ0v) is 12.5. The molecule has 0 aliphatic carbocycles. The average molecular weight is 271 g/mol. The fraction of sp³-hybridized carbons (Fsp3) is 0.375. The van der Waals surface area contributed by atoms with Gasteiger partial charge in [-0.05, 0) is 39.3 Å². The van der Waals surface area contributed by atoms with Crippen molar-refractivity contribution in [3.05, 3.63) is 47.3 Å². The van der Waals surface area contributed by atoms with Crippen LogP contribution in [0.4, 0.5) is 0 Å². The molecule has 0 radical (unpaired) electrons. The number of hydrogen-bond donors (Lipinski definition) is 1. The van der Waals surface area contributed by atoms with Crippen molar-refractivity contribution in [2.24, 2.45) is 0 Å². The van der Waals surface area contributed by atoms with Crippen molar-refractivity contribution in [2.45, 2.75) is 40.2 Å². The number of carbonyl (C=O) groups is 1. The highest BCUT2D eigenvalue weighted by Crippen LogP contribution is 2.16. The van der Waals surface area contributed by atoms with Crippen LogP contribution >= 0.6 is 0 Å². The van der Waals surface area contributed by atoms with Gasteiger partial charge in [-0.25, -0.2) is 4.68 Å². The smallest absolute Gasteiger partial charge is 0.254 e. The molecule has 2 aromatic rings. The van der Waals surface area contributed by atoms with Gasteiger partial charge in [0.2, 0.25) is 0 Å². The maximum absolute atomic E-state index is 12.2. The Hall–Kier alpha value is -2.10. The molecular weight excluding hydrogens is 250 g/mol. The van der Waals surface area contributed by atoms with Gasteiger partial charge in [-0.1, -0.05) is 24.6 Å². The van der Waals surface area contributed by atoms with Crippen molar-refractivity contribution in [1.29, 1.82) is 0 Å². The number of aryl methyl sites for hydroxylation is 1. The molecule has 0 bridgehead atoms. The van der Waals surface area contributed by atoms with Gasteiger partial charge in [0.25, 0.3) is 5.91 Å². The van der Waals surface area contributed by atoms with Gasteiger partial charge in [0.1, 0.15) is 0 Å². The van der Waals surface area contributed by atoms with Crippen molar-refractivity contribution in [2.75, 3.05) is 0 Å². The normalized spacial score (nSPS) is 10.8. The Bertz CT molecular complexity index is 597. The summed E-state index contributed by atoms with van der Waals surface area (Å²) in [6, 6.07) is 8.25. The summed E-state index contributed by atoms with van der Waals surface area (Å²) in [5, 5.41) is 7.29. The number of hydrogen-bond acceptors (Lipinski definition) is 2. The lowest BCUT2D eigenvalue weighted by atomic mass is 10.1. The zero-order chi connectivity index (χ0) is 14.7. The van der Waals surface area contributed by atoms with Gasteiger partial charge < -0.3 is 5.32 Å². The predicted molar refractivity (Wildman–Crippen MR) is 80.3 cm³/mol. The molecule has 0 spiro atoms. The van der Waals surface area contributed by atoms with E-state index >= 15 is 0 Å². The Morgan fingerprint density at radius 3 is 2.50 bits per heavy atom. The van der Waals surface area contributed by atoms with Crippen LogP contribution in [0.3, 0.4) is 0 Å². The van der Waals surface area contributed by atoms with E-state index in [0.717, 1.165) is 17.8 Å². The van der Waals surface area contributed by atoms with Gasteiger partial charge in [0.05, 0.1) is 23.1 Å². The Morgan fingerprint density at radius 2 is 1.95 bits per heavy atom. The quantitative estimate of drug-likeness (QED) is 0.929. The fourth-order valence-electron chi connectivity index (χ4n) is 2.15. The summed E-state index contributed by atoms with van der Waals surface area (Å²) < 4.78 is 1.84. The van der Waals surface area contributed by atoms with Crippen molar-refractivity contribution < 1.29 is 4.79 Å². The van der Waals surface area contributed by atoms with Gasteiger partial charge in [-0.15, -0.1) is 0 Å². The van der Waals surface area contributed by atoms with Crippen molar-refractivity contribution in [1.82, 2.24) is 15.1 Å². The molecule has 1 aromatic heterocycles. The summed E-state index contributed by atoms with van der Waals surface area (Å²) in [5.74, 6) is -0.0600. The summed E-state index contributed by atoms with van der Waals surface area (Å²) in [5.41, 5.74) is 3.78. The van der Waals surface area contributed by atoms with Crippen molar-refractivity contribution in [3.8, 4) is 5.69 Å². The van der Waals surface area contributed by atoms with Crippen LogP contribution < -0.4 is 5.32 Å². The molecule has 20 heavy (non-hydrogen) atoms. The minimum Gasteiger partial charge on any atom is -0.350 e. The summed E-state index contributed by atoms with van der Waals surface area (Å²) >= 11 is 0. The molecule has 0 fully saturated rings. The van der Waals surface area contributed by atoms with Gasteiger partial charge >= 0.3 is 0 Å². The second-order valence-corrected chi connectivity index (χ2v) is 5.23. The van der Waals surface area contributed by atoms with Crippen molar-refractivity contribution >= 4 is 5.91 Å². The third kappa shape index (κ3) is 2.90. The number of carbonyl (C=O) groups excluding carboxylic acids is 1. The van der Waals surface area contributed by atoms with E-state index in [1.54, 1.807) is 6.20 Å². The van der Waals surface area contributed by atoms with E-state index in [4.69, 9.17) is 0 Å². The molecule has 2 rings (SSSR count). The highest BCUT2D eigenvalue weighted by Gasteiger charge is 2.17. The minimum atomic E-state index is -0.0600. The molecule has 1 amide bonds. The summed E-state index contributed by atoms with van der Waals surface area (Å²) in [4.78, 5) is 12.2. The van der Waals surface area contributed by atoms with Crippen LogP contribution in [0.1, 0.15) is 42.4 Å². The molecule has 0 saturated carbocycles. The topological polar surface area (TPSA) is 46.9 Å². The number of nitrogens with one attached hydrogen (secondary N) is 1. The Labute approximate surface area is 119 Å². The lowest BCUT2D eigenvalue weighted by Gasteiger charge is -2.10. The van der Waals surface area contributed by atoms with Crippen LogP contribution in [0.15, 0.2) is 30.5 Å². The monoisotopic (exact) mass is 271 g/mol. The average Bonchev–Trinajstić information content (AvgIpc) is 2.82. The van der Waals surface area contributed by atoms with Gasteiger partial charge in [-0.3, -0.25) is 4.79 Å². The van der Waals surface area contributed by atoms with Crippen LogP contribution in [-0.4, -0.2) is 21.7 Å². The molecule has 0 aliphatic rings. The second kappa shape index (κ2) is 5.90. The maximum Gasteiger partial charge on any atom is 0.254 e. The van der Waals surface area contributed by atoms with E-state index in [1.807, 2.05) is 49.7 Å². The first kappa shape index (κ1) is 14.3. The maximum atomic E-state index is 12.2. The first-order chi connectivity index (χ1) is 9.52. The zero-order valence-electron chi connectivity index (χ0n) is 12.5. The number of nitrogens with zero attached hydrogens (tertiary/aromatic N) is 2. The van der Waals surface area contributed by atoms with E-state index in [0.29, 0.717) is 5.56 Å². The van der Waals surface area contributed by atoms with Crippen LogP contribution in [0, 0.1) is 6.92 Å². The molecule has 1 heterocycles. The molecule has 0 atom stereocenters. The molecule has 4 nitrogen and oxygen atoms in total. The molecule has 0 saturated heterocycles. The Balaban J connectivity index is 2.39. The molecule has 1 aromatic carbocycles. The van der Waals surface area contributed by atoms with Crippen LogP contribution in [0.25, 0.3) is 5.69 Å². The number of amides is 1. The SMILES string of the molecule is CCc1c(C(=O)NC(C)C)cnn1-c1ccc(C)cc1. The highest BCUT2D eigenvalue weighted by molar-refractivity contribution is 5.95. The summed E-state index contributed by atoms with van der Waals surface area (Å²) in [7, 11) is 0. The van der Waals surface area contributed by atoms with E-state index < -0.39 is 0 Å². The summed E-state index contributed by atoms with van der Waals surface area (Å²) in [6.45, 7) is 7.99. The molecule has 0 aliphatic heterocycles. The van der Waals surface area contributed by atoms with Gasteiger partial charge in [0.15, 0.2) is 0 Å². The number of benzene rings is 1.